The Labute approximate surface area is 192 Å². The number of amides is 2. The van der Waals surface area contributed by atoms with Gasteiger partial charge in [-0.3, -0.25) is 14.5 Å². The average Bonchev–Trinajstić information content (AvgIpc) is 2.74. The van der Waals surface area contributed by atoms with E-state index < -0.39 is 33.2 Å². The van der Waals surface area contributed by atoms with E-state index in [2.05, 4.69) is 5.32 Å². The molecule has 0 bridgehead atoms. The topological polar surface area (TPSA) is 86.8 Å². The highest BCUT2D eigenvalue weighted by molar-refractivity contribution is 7.89. The molecule has 1 atom stereocenters. The summed E-state index contributed by atoms with van der Waals surface area (Å²) >= 11 is 6.06. The predicted molar refractivity (Wildman–Crippen MR) is 121 cm³/mol. The molecule has 0 radical (unpaired) electrons. The first-order valence-corrected chi connectivity index (χ1v) is 12.1. The van der Waals surface area contributed by atoms with Gasteiger partial charge >= 0.3 is 0 Å². The molecule has 1 aliphatic heterocycles. The van der Waals surface area contributed by atoms with Gasteiger partial charge in [-0.2, -0.15) is 4.31 Å². The Morgan fingerprint density at radius 1 is 1.22 bits per heavy atom. The Hall–Kier alpha value is -2.49. The lowest BCUT2D eigenvalue weighted by Gasteiger charge is -2.47. The van der Waals surface area contributed by atoms with Crippen LogP contribution in [0.1, 0.15) is 25.0 Å². The van der Waals surface area contributed by atoms with Crippen LogP contribution in [0.3, 0.4) is 0 Å². The number of anilines is 1. The third kappa shape index (κ3) is 4.79. The molecule has 1 fully saturated rings. The number of sulfonamides is 1. The van der Waals surface area contributed by atoms with Crippen LogP contribution >= 0.6 is 11.6 Å². The van der Waals surface area contributed by atoms with Crippen molar-refractivity contribution in [2.75, 3.05) is 23.7 Å². The van der Waals surface area contributed by atoms with Crippen molar-refractivity contribution in [2.24, 2.45) is 0 Å². The van der Waals surface area contributed by atoms with Crippen LogP contribution in [0.15, 0.2) is 42.5 Å². The number of piperazine rings is 1. The second-order valence-corrected chi connectivity index (χ2v) is 10.6. The molecular formula is C22H25ClFN3O4S. The Balaban J connectivity index is 1.99. The molecule has 3 rings (SSSR count). The van der Waals surface area contributed by atoms with Gasteiger partial charge in [0.15, 0.2) is 0 Å². The fourth-order valence-corrected chi connectivity index (χ4v) is 5.11. The summed E-state index contributed by atoms with van der Waals surface area (Å²) in [6, 6.07) is 10.6. The van der Waals surface area contributed by atoms with Crippen LogP contribution in [0, 0.1) is 12.7 Å². The van der Waals surface area contributed by atoms with Gasteiger partial charge in [-0.15, -0.1) is 0 Å². The van der Waals surface area contributed by atoms with Crippen LogP contribution in [0.4, 0.5) is 10.1 Å². The van der Waals surface area contributed by atoms with Crippen LogP contribution in [-0.4, -0.2) is 48.9 Å². The lowest BCUT2D eigenvalue weighted by atomic mass is 9.93. The first-order chi connectivity index (χ1) is 15.0. The number of hydrogen-bond acceptors (Lipinski definition) is 4. The van der Waals surface area contributed by atoms with Gasteiger partial charge in [0.1, 0.15) is 11.4 Å². The minimum Gasteiger partial charge on any atom is -0.350 e. The van der Waals surface area contributed by atoms with E-state index in [4.69, 9.17) is 11.6 Å². The summed E-state index contributed by atoms with van der Waals surface area (Å²) in [4.78, 5) is 28.0. The molecule has 1 N–H and O–H groups in total. The number of nitrogens with one attached hydrogen (secondary N) is 1. The van der Waals surface area contributed by atoms with Crippen molar-refractivity contribution in [3.05, 3.63) is 64.4 Å². The second kappa shape index (κ2) is 9.17. The lowest BCUT2D eigenvalue weighted by Crippen LogP contribution is -2.70. The van der Waals surface area contributed by atoms with E-state index in [1.807, 2.05) is 0 Å². The molecule has 10 heteroatoms. The largest absolute Gasteiger partial charge is 0.350 e. The molecular weight excluding hydrogens is 457 g/mol. The lowest BCUT2D eigenvalue weighted by molar-refractivity contribution is -0.133. The number of halogens is 2. The van der Waals surface area contributed by atoms with Crippen molar-refractivity contribution in [3.63, 3.8) is 0 Å². The fraction of sp³-hybridized carbons (Fsp3) is 0.364. The predicted octanol–water partition coefficient (Wildman–Crippen LogP) is 2.86. The van der Waals surface area contributed by atoms with Crippen LogP contribution in [0.5, 0.6) is 0 Å². The van der Waals surface area contributed by atoms with Crippen molar-refractivity contribution in [3.8, 4) is 0 Å². The van der Waals surface area contributed by atoms with Crippen LogP contribution in [-0.2, 0) is 26.2 Å². The zero-order chi connectivity index (χ0) is 23.7. The minimum atomic E-state index is -3.71. The fourth-order valence-electron chi connectivity index (χ4n) is 3.76. The molecule has 1 aliphatic rings. The van der Waals surface area contributed by atoms with Gasteiger partial charge in [0.2, 0.25) is 21.8 Å². The second-order valence-electron chi connectivity index (χ2n) is 7.91. The molecule has 172 valence electrons. The summed E-state index contributed by atoms with van der Waals surface area (Å²) in [6.45, 7) is 4.32. The maximum absolute atomic E-state index is 13.4. The van der Waals surface area contributed by atoms with Gasteiger partial charge in [-0.05, 0) is 62.2 Å². The monoisotopic (exact) mass is 481 g/mol. The summed E-state index contributed by atoms with van der Waals surface area (Å²) in [5.41, 5.74) is 0.302. The third-order valence-corrected chi connectivity index (χ3v) is 7.56. The summed E-state index contributed by atoms with van der Waals surface area (Å²) < 4.78 is 39.3. The zero-order valence-electron chi connectivity index (χ0n) is 18.1. The van der Waals surface area contributed by atoms with Gasteiger partial charge in [0, 0.05) is 23.8 Å². The molecule has 7 nitrogen and oxygen atoms in total. The quantitative estimate of drug-likeness (QED) is 0.687. The molecule has 1 saturated heterocycles. The summed E-state index contributed by atoms with van der Waals surface area (Å²) in [5.74, 6) is -1.62. The molecule has 32 heavy (non-hydrogen) atoms. The summed E-state index contributed by atoms with van der Waals surface area (Å²) in [7, 11) is -3.71. The van der Waals surface area contributed by atoms with E-state index in [1.54, 1.807) is 37.3 Å². The molecule has 0 saturated carbocycles. The molecule has 0 aliphatic carbocycles. The van der Waals surface area contributed by atoms with E-state index in [-0.39, 0.29) is 25.4 Å². The van der Waals surface area contributed by atoms with E-state index in [9.17, 15) is 22.4 Å². The van der Waals surface area contributed by atoms with Gasteiger partial charge in [-0.1, -0.05) is 23.7 Å². The van der Waals surface area contributed by atoms with Crippen LogP contribution in [0.2, 0.25) is 5.02 Å². The molecule has 1 heterocycles. The Morgan fingerprint density at radius 2 is 1.88 bits per heavy atom. The van der Waals surface area contributed by atoms with Crippen molar-refractivity contribution in [2.45, 2.75) is 32.9 Å². The maximum Gasteiger partial charge on any atom is 0.247 e. The Kier molecular flexibility index (Phi) is 6.92. The number of benzene rings is 2. The number of carbonyl (C=O) groups excluding carboxylic acids is 2. The first kappa shape index (κ1) is 24.2. The van der Waals surface area contributed by atoms with E-state index in [0.29, 0.717) is 21.8 Å². The number of rotatable bonds is 6. The van der Waals surface area contributed by atoms with Crippen molar-refractivity contribution < 1.29 is 22.4 Å². The van der Waals surface area contributed by atoms with Crippen molar-refractivity contribution in [1.29, 1.82) is 0 Å². The first-order valence-electron chi connectivity index (χ1n) is 10.1. The normalized spacial score (nSPS) is 19.8. The summed E-state index contributed by atoms with van der Waals surface area (Å²) in [6.07, 6.45) is 0. The van der Waals surface area contributed by atoms with E-state index >= 15 is 0 Å². The molecule has 2 aromatic carbocycles. The van der Waals surface area contributed by atoms with Gasteiger partial charge in [-0.25, -0.2) is 12.8 Å². The third-order valence-electron chi connectivity index (χ3n) is 5.55. The molecule has 0 unspecified atom stereocenters. The molecule has 0 spiro atoms. The highest BCUT2D eigenvalue weighted by Gasteiger charge is 2.50. The van der Waals surface area contributed by atoms with Crippen LogP contribution in [0.25, 0.3) is 0 Å². The zero-order valence-corrected chi connectivity index (χ0v) is 19.6. The van der Waals surface area contributed by atoms with Crippen LogP contribution < -0.4 is 10.2 Å². The smallest absolute Gasteiger partial charge is 0.247 e. The molecule has 0 aromatic heterocycles. The number of hydrogen-bond donors (Lipinski definition) is 1. The highest BCUT2D eigenvalue weighted by Crippen LogP contribution is 2.34. The average molecular weight is 482 g/mol. The Morgan fingerprint density at radius 3 is 2.47 bits per heavy atom. The van der Waals surface area contributed by atoms with Crippen molar-refractivity contribution >= 4 is 39.1 Å². The summed E-state index contributed by atoms with van der Waals surface area (Å²) in [5, 5.41) is 3.25. The van der Waals surface area contributed by atoms with Gasteiger partial charge < -0.3 is 5.32 Å². The maximum atomic E-state index is 13.4. The highest BCUT2D eigenvalue weighted by atomic mass is 35.5. The van der Waals surface area contributed by atoms with E-state index in [1.165, 1.54) is 30.9 Å². The van der Waals surface area contributed by atoms with E-state index in [0.717, 1.165) is 4.31 Å². The van der Waals surface area contributed by atoms with Gasteiger partial charge in [0.05, 0.1) is 12.3 Å². The Bertz CT molecular complexity index is 1140. The molecule has 2 aromatic rings. The number of carbonyl (C=O) groups is 2. The van der Waals surface area contributed by atoms with Gasteiger partial charge in [0.25, 0.3) is 0 Å². The molecule has 2 amide bonds. The number of nitrogens with zero attached hydrogens (tertiary/aromatic N) is 2. The SMILES string of the molecule is CCS(=O)(=O)N1CC(=O)N(c2ccc(Cl)cc2C)[C@@](C)(C(=O)NCc2ccc(F)cc2)C1. The standard InChI is InChI=1S/C22H25ClFN3O4S/c1-4-32(30,31)26-13-20(28)27(19-10-7-17(23)11-15(19)2)22(3,14-26)21(29)25-12-16-5-8-18(24)9-6-16/h5-11H,4,12-14H2,1-3H3,(H,25,29)/t22-/m1/s1. The minimum absolute atomic E-state index is 0.0941. The van der Waals surface area contributed by atoms with Crippen molar-refractivity contribution in [1.82, 2.24) is 9.62 Å². The number of aryl methyl sites for hydroxylation is 1.